The molecule has 0 fully saturated rings. The summed E-state index contributed by atoms with van der Waals surface area (Å²) in [5.41, 5.74) is 4.92. The van der Waals surface area contributed by atoms with Crippen molar-refractivity contribution in [2.45, 2.75) is 13.1 Å². The first-order valence-corrected chi connectivity index (χ1v) is 15.5. The summed E-state index contributed by atoms with van der Waals surface area (Å²) < 4.78 is 15.2. The van der Waals surface area contributed by atoms with Crippen molar-refractivity contribution in [1.29, 1.82) is 0 Å². The predicted molar refractivity (Wildman–Crippen MR) is 135 cm³/mol. The van der Waals surface area contributed by atoms with E-state index in [2.05, 4.69) is 73.8 Å². The number of hydrogen-bond donors (Lipinski definition) is 0. The molecule has 6 rings (SSSR count). The fourth-order valence-electron chi connectivity index (χ4n) is 5.54. The first-order chi connectivity index (χ1) is 15.0. The Labute approximate surface area is 184 Å². The topological polar surface area (TPSA) is 17.1 Å². The van der Waals surface area contributed by atoms with Crippen LogP contribution in [0.3, 0.4) is 0 Å². The molecule has 31 heavy (non-hydrogen) atoms. The molecule has 3 heteroatoms. The van der Waals surface area contributed by atoms with Crippen molar-refractivity contribution in [3.8, 4) is 0 Å². The number of benzene rings is 4. The van der Waals surface area contributed by atoms with E-state index in [1.54, 1.807) is 0 Å². The Bertz CT molecular complexity index is 1430. The highest BCUT2D eigenvalue weighted by Gasteiger charge is 2.47. The summed E-state index contributed by atoms with van der Waals surface area (Å²) in [5.74, 6) is 0. The van der Waals surface area contributed by atoms with Crippen LogP contribution in [0.25, 0.3) is 10.8 Å². The van der Waals surface area contributed by atoms with Crippen LogP contribution in [0.15, 0.2) is 103 Å². The fourth-order valence-corrected chi connectivity index (χ4v) is 12.2. The Morgan fingerprint density at radius 3 is 1.81 bits per heavy atom. The van der Waals surface area contributed by atoms with Crippen molar-refractivity contribution in [3.63, 3.8) is 0 Å². The molecule has 150 valence electrons. The minimum atomic E-state index is -3.03. The molecule has 0 aromatic heterocycles. The van der Waals surface area contributed by atoms with Crippen molar-refractivity contribution in [2.75, 3.05) is 0 Å². The van der Waals surface area contributed by atoms with E-state index in [0.29, 0.717) is 0 Å². The van der Waals surface area contributed by atoms with E-state index in [4.69, 9.17) is 0 Å². The monoisotopic (exact) mass is 434 g/mol. The molecule has 0 amide bonds. The van der Waals surface area contributed by atoms with Crippen molar-refractivity contribution < 1.29 is 4.57 Å². The van der Waals surface area contributed by atoms with E-state index < -0.39 is 15.2 Å². The lowest BCUT2D eigenvalue weighted by Gasteiger charge is -2.26. The minimum absolute atomic E-state index is 0.906. The lowest BCUT2D eigenvalue weighted by molar-refractivity contribution is 0.592. The third-order valence-electron chi connectivity index (χ3n) is 6.89. The van der Waals surface area contributed by atoms with Crippen LogP contribution in [-0.4, -0.2) is 8.07 Å². The average molecular weight is 435 g/mol. The first-order valence-electron chi connectivity index (χ1n) is 10.7. The molecule has 0 radical (unpaired) electrons. The molecule has 1 unspecified atom stereocenters. The molecule has 0 saturated heterocycles. The SMILES string of the molecule is C[Si]1(C)C2=C(c3ccccc31)c1ccccc1P(=O)(c1ccccc1)c1ccccc12. The van der Waals surface area contributed by atoms with Crippen molar-refractivity contribution in [3.05, 3.63) is 120 Å². The van der Waals surface area contributed by atoms with Gasteiger partial charge in [-0.25, -0.2) is 0 Å². The van der Waals surface area contributed by atoms with Gasteiger partial charge in [-0.05, 0) is 32.6 Å². The normalized spacial score (nSPS) is 20.3. The average Bonchev–Trinajstić information content (AvgIpc) is 2.99. The highest BCUT2D eigenvalue weighted by Crippen LogP contribution is 2.53. The van der Waals surface area contributed by atoms with Gasteiger partial charge in [-0.15, -0.1) is 0 Å². The summed E-state index contributed by atoms with van der Waals surface area (Å²) in [4.78, 5) is 0. The first kappa shape index (κ1) is 18.8. The summed E-state index contributed by atoms with van der Waals surface area (Å²) >= 11 is 0. The van der Waals surface area contributed by atoms with E-state index in [1.165, 1.54) is 27.1 Å². The molecule has 2 aliphatic heterocycles. The molecule has 0 spiro atoms. The second-order valence-corrected chi connectivity index (χ2v) is 15.9. The van der Waals surface area contributed by atoms with Gasteiger partial charge < -0.3 is 4.57 Å². The van der Waals surface area contributed by atoms with Gasteiger partial charge in [0, 0.05) is 15.9 Å². The summed E-state index contributed by atoms with van der Waals surface area (Å²) in [7, 11) is -5.01. The van der Waals surface area contributed by atoms with E-state index in [-0.39, 0.29) is 0 Å². The molecule has 1 nitrogen and oxygen atoms in total. The molecule has 2 heterocycles. The van der Waals surface area contributed by atoms with Crippen molar-refractivity contribution in [1.82, 2.24) is 0 Å². The predicted octanol–water partition coefficient (Wildman–Crippen LogP) is 5.07. The zero-order chi connectivity index (χ0) is 21.2. The standard InChI is InChI=1S/C28H23OPSi/c1-31(2)26-19-11-8-16-23(26)27-21-14-6-9-17-24(21)30(29,20-12-4-3-5-13-20)25-18-10-7-15-22(25)28(27)31/h3-19H,1-2H3. The fraction of sp³-hybridized carbons (Fsp3) is 0.0714. The number of rotatable bonds is 1. The van der Waals surface area contributed by atoms with Crippen LogP contribution in [0.4, 0.5) is 0 Å². The van der Waals surface area contributed by atoms with Gasteiger partial charge in [0.1, 0.15) is 8.07 Å². The van der Waals surface area contributed by atoms with Gasteiger partial charge in [0.05, 0.1) is 0 Å². The van der Waals surface area contributed by atoms with Gasteiger partial charge in [-0.1, -0.05) is 116 Å². The van der Waals surface area contributed by atoms with Crippen LogP contribution in [0.2, 0.25) is 13.1 Å². The van der Waals surface area contributed by atoms with E-state index in [0.717, 1.165) is 21.5 Å². The largest absolute Gasteiger partial charge is 0.309 e. The Kier molecular flexibility index (Phi) is 3.96. The number of fused-ring (bicyclic) bond motifs is 6. The van der Waals surface area contributed by atoms with Gasteiger partial charge >= 0.3 is 0 Å². The van der Waals surface area contributed by atoms with Gasteiger partial charge in [0.25, 0.3) is 0 Å². The Hall–Kier alpha value is -2.93. The van der Waals surface area contributed by atoms with E-state index >= 15 is 4.57 Å². The molecule has 4 aromatic rings. The Morgan fingerprint density at radius 2 is 1.10 bits per heavy atom. The van der Waals surface area contributed by atoms with Gasteiger partial charge in [-0.3, -0.25) is 0 Å². The number of hydrogen-bond acceptors (Lipinski definition) is 1. The van der Waals surface area contributed by atoms with Gasteiger partial charge in [0.2, 0.25) is 0 Å². The zero-order valence-electron chi connectivity index (χ0n) is 17.7. The molecular formula is C28H23OPSi. The van der Waals surface area contributed by atoms with Crippen LogP contribution in [-0.2, 0) is 4.57 Å². The van der Waals surface area contributed by atoms with Gasteiger partial charge in [0.15, 0.2) is 7.14 Å². The Balaban J connectivity index is 1.83. The van der Waals surface area contributed by atoms with E-state index in [9.17, 15) is 0 Å². The maximum atomic E-state index is 15.2. The summed E-state index contributed by atoms with van der Waals surface area (Å²) in [5, 5.41) is 5.74. The molecule has 0 bridgehead atoms. The second kappa shape index (κ2) is 6.53. The van der Waals surface area contributed by atoms with Crippen molar-refractivity contribution >= 4 is 47.1 Å². The molecule has 1 atom stereocenters. The molecule has 2 aliphatic rings. The third kappa shape index (κ3) is 2.41. The molecular weight excluding hydrogens is 411 g/mol. The van der Waals surface area contributed by atoms with Crippen LogP contribution in [0, 0.1) is 0 Å². The molecule has 0 saturated carbocycles. The van der Waals surface area contributed by atoms with Crippen LogP contribution < -0.4 is 21.1 Å². The maximum absolute atomic E-state index is 15.2. The molecule has 4 aromatic carbocycles. The smallest absolute Gasteiger partial charge is 0.172 e. The molecule has 0 N–H and O–H groups in total. The maximum Gasteiger partial charge on any atom is 0.172 e. The van der Waals surface area contributed by atoms with Gasteiger partial charge in [-0.2, -0.15) is 0 Å². The van der Waals surface area contributed by atoms with Crippen LogP contribution >= 0.6 is 7.14 Å². The Morgan fingerprint density at radius 1 is 0.581 bits per heavy atom. The summed E-state index contributed by atoms with van der Waals surface area (Å²) in [6, 6.07) is 35.7. The minimum Gasteiger partial charge on any atom is -0.309 e. The van der Waals surface area contributed by atoms with Crippen LogP contribution in [0.1, 0.15) is 16.7 Å². The highest BCUT2D eigenvalue weighted by molar-refractivity contribution is 7.85. The lowest BCUT2D eigenvalue weighted by Crippen LogP contribution is -2.42. The lowest BCUT2D eigenvalue weighted by atomic mass is 9.96. The highest BCUT2D eigenvalue weighted by atomic mass is 31.2. The second-order valence-electron chi connectivity index (χ2n) is 8.90. The quantitative estimate of drug-likeness (QED) is 0.302. The molecule has 0 aliphatic carbocycles. The summed E-state index contributed by atoms with van der Waals surface area (Å²) in [6.45, 7) is 4.87. The summed E-state index contributed by atoms with van der Waals surface area (Å²) in [6.07, 6.45) is 0. The van der Waals surface area contributed by atoms with Crippen molar-refractivity contribution in [2.24, 2.45) is 0 Å². The van der Waals surface area contributed by atoms with E-state index in [1.807, 2.05) is 42.5 Å². The van der Waals surface area contributed by atoms with Crippen LogP contribution in [0.5, 0.6) is 0 Å². The third-order valence-corrected chi connectivity index (χ3v) is 13.6. The zero-order valence-corrected chi connectivity index (χ0v) is 19.6.